The second-order valence-corrected chi connectivity index (χ2v) is 8.49. The molecule has 0 saturated carbocycles. The van der Waals surface area contributed by atoms with Gasteiger partial charge in [0, 0.05) is 13.0 Å². The molecule has 0 aliphatic heterocycles. The van der Waals surface area contributed by atoms with Crippen LogP contribution in [-0.2, 0) is 28.8 Å². The fourth-order valence-electron chi connectivity index (χ4n) is 3.08. The van der Waals surface area contributed by atoms with Crippen molar-refractivity contribution in [3.8, 4) is 0 Å². The first-order valence-corrected chi connectivity index (χ1v) is 11.6. The first kappa shape index (κ1) is 33.0. The van der Waals surface area contributed by atoms with Crippen LogP contribution in [0, 0.1) is 5.92 Å². The molecule has 0 saturated heterocycles. The van der Waals surface area contributed by atoms with E-state index in [4.69, 9.17) is 28.0 Å². The van der Waals surface area contributed by atoms with Gasteiger partial charge in [-0.15, -0.1) is 0 Å². The highest BCUT2D eigenvalue weighted by atomic mass is 16.4. The summed E-state index contributed by atoms with van der Waals surface area (Å²) in [7, 11) is 0. The molecule has 16 nitrogen and oxygen atoms in total. The van der Waals surface area contributed by atoms with Crippen molar-refractivity contribution < 1.29 is 39.0 Å². The highest BCUT2D eigenvalue weighted by molar-refractivity contribution is 5.95. The molecule has 0 fully saturated rings. The molecule has 0 aromatic heterocycles. The van der Waals surface area contributed by atoms with Gasteiger partial charge in [-0.1, -0.05) is 20.3 Å². The molecule has 0 aliphatic carbocycles. The van der Waals surface area contributed by atoms with E-state index < -0.39 is 72.1 Å². The number of hydrogen-bond donors (Lipinski definition) is 9. The molecule has 13 N–H and O–H groups in total. The Morgan fingerprint density at radius 1 is 0.865 bits per heavy atom. The van der Waals surface area contributed by atoms with Crippen molar-refractivity contribution in [1.29, 1.82) is 0 Å². The van der Waals surface area contributed by atoms with Crippen LogP contribution in [0.1, 0.15) is 52.4 Å². The number of carboxylic acid groups (broad SMARTS) is 2. The summed E-state index contributed by atoms with van der Waals surface area (Å²) in [6.07, 6.45) is -0.523. The van der Waals surface area contributed by atoms with Gasteiger partial charge in [0.1, 0.15) is 18.1 Å². The molecular weight excluding hydrogens is 492 g/mol. The Morgan fingerprint density at radius 2 is 1.46 bits per heavy atom. The van der Waals surface area contributed by atoms with Gasteiger partial charge in [-0.3, -0.25) is 29.0 Å². The summed E-state index contributed by atoms with van der Waals surface area (Å²) in [6, 6.07) is -5.22. The number of nitrogens with two attached hydrogens (primary N) is 4. The van der Waals surface area contributed by atoms with E-state index >= 15 is 0 Å². The number of nitrogens with zero attached hydrogens (tertiary/aromatic N) is 1. The lowest BCUT2D eigenvalue weighted by Gasteiger charge is -2.28. The van der Waals surface area contributed by atoms with Crippen LogP contribution in [-0.4, -0.2) is 82.5 Å². The molecule has 0 radical (unpaired) electrons. The molecule has 5 atom stereocenters. The monoisotopic (exact) mass is 530 g/mol. The Balaban J connectivity index is 5.69. The Morgan fingerprint density at radius 3 is 1.95 bits per heavy atom. The lowest BCUT2D eigenvalue weighted by atomic mass is 9.96. The van der Waals surface area contributed by atoms with E-state index in [9.17, 15) is 33.9 Å². The average molecular weight is 531 g/mol. The van der Waals surface area contributed by atoms with E-state index in [1.807, 2.05) is 0 Å². The number of rotatable bonds is 18. The fraction of sp³-hybridized carbons (Fsp3) is 0.667. The van der Waals surface area contributed by atoms with E-state index in [-0.39, 0.29) is 38.2 Å². The summed E-state index contributed by atoms with van der Waals surface area (Å²) in [4.78, 5) is 75.6. The first-order valence-electron chi connectivity index (χ1n) is 11.6. The zero-order valence-corrected chi connectivity index (χ0v) is 20.9. The van der Waals surface area contributed by atoms with Crippen molar-refractivity contribution in [3.05, 3.63) is 0 Å². The van der Waals surface area contributed by atoms with Crippen molar-refractivity contribution >= 4 is 41.5 Å². The van der Waals surface area contributed by atoms with Gasteiger partial charge in [-0.25, -0.2) is 4.79 Å². The first-order chi connectivity index (χ1) is 17.2. The normalized spacial score (nSPS) is 14.7. The highest BCUT2D eigenvalue weighted by Gasteiger charge is 2.32. The number of amides is 4. The maximum atomic E-state index is 13.1. The maximum absolute atomic E-state index is 13.1. The van der Waals surface area contributed by atoms with Crippen LogP contribution in [0.15, 0.2) is 4.99 Å². The lowest BCUT2D eigenvalue weighted by Crippen LogP contribution is -2.58. The zero-order valence-electron chi connectivity index (χ0n) is 20.9. The topological polar surface area (TPSA) is 295 Å². The Labute approximate surface area is 214 Å². The van der Waals surface area contributed by atoms with Gasteiger partial charge in [-0.2, -0.15) is 0 Å². The second kappa shape index (κ2) is 16.7. The molecule has 0 spiro atoms. The van der Waals surface area contributed by atoms with Crippen molar-refractivity contribution in [2.24, 2.45) is 33.8 Å². The molecule has 0 heterocycles. The number of primary amides is 1. The Hall–Kier alpha value is -3.95. The standard InChI is InChI=1S/C21H38N8O8/c1-3-10(2)16(29-17(33)11(22)6-7-15(31)32)19(35)27-12(5-4-8-26-21(24)25)18(34)28-13(20(36)37)9-14(23)30/h10-13,16H,3-9,22H2,1-2H3,(H2,23,30)(H,27,35)(H,28,34)(H,29,33)(H,31,32)(H,36,37)(H4,24,25,26). The van der Waals surface area contributed by atoms with Gasteiger partial charge in [0.15, 0.2) is 5.96 Å². The van der Waals surface area contributed by atoms with Gasteiger partial charge in [0.2, 0.25) is 23.6 Å². The number of aliphatic carboxylic acids is 2. The molecule has 5 unspecified atom stereocenters. The Kier molecular flexibility index (Phi) is 14.9. The molecule has 0 aliphatic rings. The van der Waals surface area contributed by atoms with E-state index in [0.29, 0.717) is 6.42 Å². The van der Waals surface area contributed by atoms with Crippen LogP contribution >= 0.6 is 0 Å². The second-order valence-electron chi connectivity index (χ2n) is 8.49. The summed E-state index contributed by atoms with van der Waals surface area (Å²) >= 11 is 0. The minimum atomic E-state index is -1.63. The van der Waals surface area contributed by atoms with E-state index in [1.54, 1.807) is 13.8 Å². The van der Waals surface area contributed by atoms with E-state index in [2.05, 4.69) is 20.9 Å². The van der Waals surface area contributed by atoms with Gasteiger partial charge in [-0.05, 0) is 25.2 Å². The Bertz CT molecular complexity index is 861. The lowest BCUT2D eigenvalue weighted by molar-refractivity contribution is -0.144. The summed E-state index contributed by atoms with van der Waals surface area (Å²) in [6.45, 7) is 3.55. The predicted molar refractivity (Wildman–Crippen MR) is 131 cm³/mol. The molecule has 4 amide bonds. The number of carbonyl (C=O) groups is 6. The molecule has 37 heavy (non-hydrogen) atoms. The third-order valence-corrected chi connectivity index (χ3v) is 5.40. The third-order valence-electron chi connectivity index (χ3n) is 5.40. The number of aliphatic imine (C=N–C) groups is 1. The largest absolute Gasteiger partial charge is 0.481 e. The third kappa shape index (κ3) is 13.6. The summed E-state index contributed by atoms with van der Waals surface area (Å²) in [5.74, 6) is -6.60. The number of nitrogens with one attached hydrogen (secondary N) is 3. The fourth-order valence-corrected chi connectivity index (χ4v) is 3.08. The maximum Gasteiger partial charge on any atom is 0.326 e. The number of carbonyl (C=O) groups excluding carboxylic acids is 4. The van der Waals surface area contributed by atoms with Crippen molar-refractivity contribution in [1.82, 2.24) is 16.0 Å². The zero-order chi connectivity index (χ0) is 28.7. The minimum Gasteiger partial charge on any atom is -0.481 e. The van der Waals surface area contributed by atoms with Crippen LogP contribution in [0.5, 0.6) is 0 Å². The quantitative estimate of drug-likeness (QED) is 0.0480. The van der Waals surface area contributed by atoms with Crippen LogP contribution in [0.25, 0.3) is 0 Å². The van der Waals surface area contributed by atoms with Crippen LogP contribution < -0.4 is 38.9 Å². The molecule has 210 valence electrons. The van der Waals surface area contributed by atoms with Crippen LogP contribution in [0.2, 0.25) is 0 Å². The number of carboxylic acids is 2. The van der Waals surface area contributed by atoms with Gasteiger partial charge in [0.25, 0.3) is 0 Å². The SMILES string of the molecule is CCC(C)C(NC(=O)C(N)CCC(=O)O)C(=O)NC(CCCN=C(N)N)C(=O)NC(CC(N)=O)C(=O)O. The molecule has 0 rings (SSSR count). The van der Waals surface area contributed by atoms with Crippen molar-refractivity contribution in [3.63, 3.8) is 0 Å². The summed E-state index contributed by atoms with van der Waals surface area (Å²) < 4.78 is 0. The molecule has 0 bridgehead atoms. The van der Waals surface area contributed by atoms with Gasteiger partial charge >= 0.3 is 11.9 Å². The highest BCUT2D eigenvalue weighted by Crippen LogP contribution is 2.11. The van der Waals surface area contributed by atoms with E-state index in [1.165, 1.54) is 0 Å². The summed E-state index contributed by atoms with van der Waals surface area (Å²) in [5.41, 5.74) is 21.3. The summed E-state index contributed by atoms with van der Waals surface area (Å²) in [5, 5.41) is 25.2. The minimum absolute atomic E-state index is 0.0173. The number of guanidine groups is 1. The van der Waals surface area contributed by atoms with E-state index in [0.717, 1.165) is 0 Å². The van der Waals surface area contributed by atoms with Gasteiger partial charge in [0.05, 0.1) is 12.5 Å². The van der Waals surface area contributed by atoms with Crippen molar-refractivity contribution in [2.75, 3.05) is 6.54 Å². The number of hydrogen-bond acceptors (Lipinski definition) is 8. The average Bonchev–Trinajstić information content (AvgIpc) is 2.80. The molecule has 0 aromatic rings. The van der Waals surface area contributed by atoms with Gasteiger partial charge < -0.3 is 49.1 Å². The molecule has 0 aromatic carbocycles. The van der Waals surface area contributed by atoms with Crippen LogP contribution in [0.4, 0.5) is 0 Å². The predicted octanol–water partition coefficient (Wildman–Crippen LogP) is -3.31. The van der Waals surface area contributed by atoms with Crippen molar-refractivity contribution in [2.45, 2.75) is 76.5 Å². The smallest absolute Gasteiger partial charge is 0.326 e. The molecule has 16 heteroatoms. The van der Waals surface area contributed by atoms with Crippen LogP contribution in [0.3, 0.4) is 0 Å². The molecular formula is C21H38N8O8.